The maximum Gasteiger partial charge on any atom is 0.305 e. The molecule has 0 aliphatic rings. The molecule has 6 aromatic carbocycles. The lowest BCUT2D eigenvalue weighted by atomic mass is 9.63. The molecule has 200 valence electrons. The average molecular weight is 533 g/mol. The highest BCUT2D eigenvalue weighted by molar-refractivity contribution is 5.88. The molecule has 2 heteroatoms. The monoisotopic (exact) mass is 532 g/mol. The quantitative estimate of drug-likeness (QED) is 0.144. The number of fused-ring (bicyclic) bond motifs is 1. The molecule has 6 rings (SSSR count). The maximum absolute atomic E-state index is 12.0. The Labute approximate surface area is 241 Å². The van der Waals surface area contributed by atoms with Crippen molar-refractivity contribution >= 4 is 16.7 Å². The van der Waals surface area contributed by atoms with Gasteiger partial charge in [-0.15, -0.1) is 0 Å². The minimum atomic E-state index is -0.578. The summed E-state index contributed by atoms with van der Waals surface area (Å²) in [6, 6.07) is 54.2. The molecule has 0 amide bonds. The molecule has 0 saturated heterocycles. The fourth-order valence-electron chi connectivity index (χ4n) is 6.05. The first-order valence-corrected chi connectivity index (χ1v) is 14.1. The summed E-state index contributed by atoms with van der Waals surface area (Å²) in [5.41, 5.74) is 7.60. The summed E-state index contributed by atoms with van der Waals surface area (Å²) >= 11 is 0. The Bertz CT molecular complexity index is 1680. The van der Waals surface area contributed by atoms with E-state index in [1.165, 1.54) is 40.1 Å². The van der Waals surface area contributed by atoms with Gasteiger partial charge in [0.1, 0.15) is 0 Å². The van der Waals surface area contributed by atoms with Crippen LogP contribution in [0.1, 0.15) is 34.2 Å². The van der Waals surface area contributed by atoms with Gasteiger partial charge < -0.3 is 4.74 Å². The molecule has 0 fully saturated rings. The predicted molar refractivity (Wildman–Crippen MR) is 168 cm³/mol. The summed E-state index contributed by atoms with van der Waals surface area (Å²) in [5, 5.41) is 2.40. The smallest absolute Gasteiger partial charge is 0.305 e. The lowest BCUT2D eigenvalue weighted by Crippen LogP contribution is -2.31. The van der Waals surface area contributed by atoms with Gasteiger partial charge in [-0.3, -0.25) is 4.79 Å². The molecule has 2 nitrogen and oxygen atoms in total. The van der Waals surface area contributed by atoms with Crippen LogP contribution in [0.2, 0.25) is 0 Å². The zero-order chi connectivity index (χ0) is 28.1. The standard InChI is InChI=1S/C39H32O2/c1-41-38(40)26-22-29-21-25-37(36(27-29)32-24-23-30-13-11-12-14-31(30)28-32)39(33-15-5-2-6-16-33,34-17-7-3-8-18-34)35-19-9-4-10-20-35/h2-21,23-25,27-28H,22,26H2,1H3. The zero-order valence-electron chi connectivity index (χ0n) is 23.2. The molecule has 0 aliphatic carbocycles. The second kappa shape index (κ2) is 11.7. The van der Waals surface area contributed by atoms with E-state index < -0.39 is 5.41 Å². The van der Waals surface area contributed by atoms with Crippen molar-refractivity contribution in [2.75, 3.05) is 7.11 Å². The summed E-state index contributed by atoms with van der Waals surface area (Å²) in [6.45, 7) is 0. The molecule has 0 atom stereocenters. The van der Waals surface area contributed by atoms with Crippen LogP contribution in [0.3, 0.4) is 0 Å². The van der Waals surface area contributed by atoms with Gasteiger partial charge in [0.05, 0.1) is 12.5 Å². The van der Waals surface area contributed by atoms with Crippen LogP contribution < -0.4 is 0 Å². The van der Waals surface area contributed by atoms with Crippen LogP contribution in [0.5, 0.6) is 0 Å². The molecule has 0 heterocycles. The van der Waals surface area contributed by atoms with Gasteiger partial charge in [0, 0.05) is 6.42 Å². The van der Waals surface area contributed by atoms with Crippen molar-refractivity contribution in [1.82, 2.24) is 0 Å². The minimum absolute atomic E-state index is 0.200. The number of aryl methyl sites for hydroxylation is 1. The SMILES string of the molecule is COC(=O)CCc1ccc(C(c2ccccc2)(c2ccccc2)c2ccccc2)c(-c2ccc3ccccc3c2)c1. The van der Waals surface area contributed by atoms with E-state index in [4.69, 9.17) is 4.74 Å². The molecular formula is C39H32O2. The topological polar surface area (TPSA) is 26.3 Å². The number of benzene rings is 6. The Morgan fingerprint density at radius 1 is 0.585 bits per heavy atom. The van der Waals surface area contributed by atoms with Crippen LogP contribution in [-0.2, 0) is 21.4 Å². The average Bonchev–Trinajstić information content (AvgIpc) is 3.05. The number of carbonyl (C=O) groups excluding carboxylic acids is 1. The molecule has 0 aliphatic heterocycles. The fraction of sp³-hybridized carbons (Fsp3) is 0.103. The second-order valence-corrected chi connectivity index (χ2v) is 10.4. The molecule has 0 saturated carbocycles. The summed E-state index contributed by atoms with van der Waals surface area (Å²) in [4.78, 5) is 12.0. The van der Waals surface area contributed by atoms with Crippen molar-refractivity contribution < 1.29 is 9.53 Å². The van der Waals surface area contributed by atoms with Gasteiger partial charge in [-0.2, -0.15) is 0 Å². The lowest BCUT2D eigenvalue weighted by molar-refractivity contribution is -0.140. The number of esters is 1. The van der Waals surface area contributed by atoms with E-state index in [1.54, 1.807) is 0 Å². The van der Waals surface area contributed by atoms with Gasteiger partial charge in [0.2, 0.25) is 0 Å². The van der Waals surface area contributed by atoms with E-state index in [2.05, 4.69) is 152 Å². The van der Waals surface area contributed by atoms with Crippen molar-refractivity contribution in [2.45, 2.75) is 18.3 Å². The molecule has 6 aromatic rings. The number of rotatable bonds is 8. The Kier molecular flexibility index (Phi) is 7.47. The van der Waals surface area contributed by atoms with Crippen molar-refractivity contribution in [2.24, 2.45) is 0 Å². The van der Waals surface area contributed by atoms with Crippen LogP contribution in [0.25, 0.3) is 21.9 Å². The molecule has 0 N–H and O–H groups in total. The number of hydrogen-bond donors (Lipinski definition) is 0. The van der Waals surface area contributed by atoms with Gasteiger partial charge in [0.15, 0.2) is 0 Å². The maximum atomic E-state index is 12.0. The lowest BCUT2D eigenvalue weighted by Gasteiger charge is -2.38. The first-order chi connectivity index (χ1) is 20.2. The van der Waals surface area contributed by atoms with Crippen molar-refractivity contribution in [3.05, 3.63) is 179 Å². The van der Waals surface area contributed by atoms with E-state index in [9.17, 15) is 4.79 Å². The van der Waals surface area contributed by atoms with Crippen LogP contribution in [-0.4, -0.2) is 13.1 Å². The van der Waals surface area contributed by atoms with Gasteiger partial charge in [0.25, 0.3) is 0 Å². The Morgan fingerprint density at radius 3 is 1.68 bits per heavy atom. The van der Waals surface area contributed by atoms with Gasteiger partial charge >= 0.3 is 5.97 Å². The molecule has 41 heavy (non-hydrogen) atoms. The van der Waals surface area contributed by atoms with Gasteiger partial charge in [-0.25, -0.2) is 0 Å². The predicted octanol–water partition coefficient (Wildman–Crippen LogP) is 9.00. The molecule has 0 radical (unpaired) electrons. The Hall–Kier alpha value is -4.95. The third kappa shape index (κ3) is 5.05. The first-order valence-electron chi connectivity index (χ1n) is 14.1. The Balaban J connectivity index is 1.69. The third-order valence-electron chi connectivity index (χ3n) is 8.01. The van der Waals surface area contributed by atoms with Crippen LogP contribution in [0.4, 0.5) is 0 Å². The van der Waals surface area contributed by atoms with Gasteiger partial charge in [-0.05, 0) is 62.2 Å². The summed E-state index contributed by atoms with van der Waals surface area (Å²) < 4.78 is 4.95. The van der Waals surface area contributed by atoms with Crippen molar-refractivity contribution in [1.29, 1.82) is 0 Å². The summed E-state index contributed by atoms with van der Waals surface area (Å²) in [6.07, 6.45) is 0.955. The van der Waals surface area contributed by atoms with Crippen LogP contribution in [0.15, 0.2) is 152 Å². The van der Waals surface area contributed by atoms with Crippen LogP contribution in [0, 0.1) is 0 Å². The highest BCUT2D eigenvalue weighted by Crippen LogP contribution is 2.48. The second-order valence-electron chi connectivity index (χ2n) is 10.4. The summed E-state index contributed by atoms with van der Waals surface area (Å²) in [5.74, 6) is -0.200. The molecule has 0 bridgehead atoms. The van der Waals surface area contributed by atoms with E-state index in [0.717, 1.165) is 16.7 Å². The minimum Gasteiger partial charge on any atom is -0.469 e. The molecule has 0 aromatic heterocycles. The molecular weight excluding hydrogens is 500 g/mol. The van der Waals surface area contributed by atoms with Gasteiger partial charge in [-0.1, -0.05) is 146 Å². The van der Waals surface area contributed by atoms with Crippen LogP contribution >= 0.6 is 0 Å². The Morgan fingerprint density at radius 2 is 1.12 bits per heavy atom. The van der Waals surface area contributed by atoms with E-state index in [0.29, 0.717) is 12.8 Å². The number of hydrogen-bond acceptors (Lipinski definition) is 2. The summed E-state index contributed by atoms with van der Waals surface area (Å²) in [7, 11) is 1.44. The number of methoxy groups -OCH3 is 1. The van der Waals surface area contributed by atoms with Crippen molar-refractivity contribution in [3.8, 4) is 11.1 Å². The normalized spacial score (nSPS) is 11.3. The number of ether oxygens (including phenoxy) is 1. The first kappa shape index (κ1) is 26.3. The van der Waals surface area contributed by atoms with E-state index in [-0.39, 0.29) is 5.97 Å². The molecule has 0 unspecified atom stereocenters. The largest absolute Gasteiger partial charge is 0.469 e. The van der Waals surface area contributed by atoms with Crippen molar-refractivity contribution in [3.63, 3.8) is 0 Å². The van der Waals surface area contributed by atoms with E-state index in [1.807, 2.05) is 0 Å². The third-order valence-corrected chi connectivity index (χ3v) is 8.01. The fourth-order valence-corrected chi connectivity index (χ4v) is 6.05. The highest BCUT2D eigenvalue weighted by atomic mass is 16.5. The highest BCUT2D eigenvalue weighted by Gasteiger charge is 2.40. The molecule has 0 spiro atoms. The zero-order valence-corrected chi connectivity index (χ0v) is 23.2. The van der Waals surface area contributed by atoms with E-state index >= 15 is 0 Å². The number of carbonyl (C=O) groups is 1.